The van der Waals surface area contributed by atoms with Crippen LogP contribution in [-0.2, 0) is 16.1 Å². The van der Waals surface area contributed by atoms with Crippen molar-refractivity contribution in [1.29, 1.82) is 0 Å². The molecular weight excluding hydrogens is 355 g/mol. The fourth-order valence-electron chi connectivity index (χ4n) is 2.59. The molecule has 0 N–H and O–H groups in total. The number of carbonyl (C=O) groups is 1. The van der Waals surface area contributed by atoms with Gasteiger partial charge in [-0.15, -0.1) is 0 Å². The van der Waals surface area contributed by atoms with Gasteiger partial charge in [0.2, 0.25) is 0 Å². The molecule has 0 saturated heterocycles. The summed E-state index contributed by atoms with van der Waals surface area (Å²) in [5.41, 5.74) is -1.19. The third-order valence-corrected chi connectivity index (χ3v) is 4.52. The number of allylic oxidation sites excluding steroid dienone is 2. The Hall–Kier alpha value is -1.63. The molecule has 0 spiro atoms. The van der Waals surface area contributed by atoms with Crippen LogP contribution in [0.5, 0.6) is 0 Å². The molecule has 0 bridgehead atoms. The molecule has 132 valence electrons. The Kier molecular flexibility index (Phi) is 4.95. The number of halogens is 6. The quantitative estimate of drug-likeness (QED) is 0.554. The minimum Gasteiger partial charge on any atom is -0.460 e. The molecule has 2 rings (SSSR count). The van der Waals surface area contributed by atoms with Crippen LogP contribution in [-0.4, -0.2) is 12.1 Å². The first kappa shape index (κ1) is 18.7. The summed E-state index contributed by atoms with van der Waals surface area (Å²) in [6.45, 7) is 2.54. The van der Waals surface area contributed by atoms with E-state index in [0.717, 1.165) is 18.2 Å². The van der Waals surface area contributed by atoms with Gasteiger partial charge < -0.3 is 4.74 Å². The van der Waals surface area contributed by atoms with Gasteiger partial charge in [0.15, 0.2) is 0 Å². The van der Waals surface area contributed by atoms with Crippen molar-refractivity contribution in [2.75, 3.05) is 0 Å². The zero-order valence-electron chi connectivity index (χ0n) is 12.8. The van der Waals surface area contributed by atoms with E-state index in [1.807, 2.05) is 0 Å². The van der Waals surface area contributed by atoms with E-state index in [9.17, 15) is 26.7 Å². The Morgan fingerprint density at radius 2 is 1.83 bits per heavy atom. The minimum atomic E-state index is -4.69. The molecule has 1 aliphatic carbocycles. The summed E-state index contributed by atoms with van der Waals surface area (Å²) in [6.07, 6.45) is -3.91. The molecule has 0 aliphatic heterocycles. The van der Waals surface area contributed by atoms with Crippen molar-refractivity contribution in [1.82, 2.24) is 0 Å². The first-order valence-electron chi connectivity index (χ1n) is 7.00. The third-order valence-electron chi connectivity index (χ3n) is 4.18. The second-order valence-electron chi connectivity index (χ2n) is 6.15. The third kappa shape index (κ3) is 3.71. The average molecular weight is 369 g/mol. The van der Waals surface area contributed by atoms with E-state index in [0.29, 0.717) is 0 Å². The summed E-state index contributed by atoms with van der Waals surface area (Å²) in [4.78, 5) is 12.0. The highest BCUT2D eigenvalue weighted by molar-refractivity contribution is 6.30. The largest absolute Gasteiger partial charge is 0.460 e. The van der Waals surface area contributed by atoms with Crippen molar-refractivity contribution in [2.45, 2.75) is 26.6 Å². The molecule has 0 heterocycles. The van der Waals surface area contributed by atoms with Crippen LogP contribution in [0.2, 0.25) is 0 Å². The van der Waals surface area contributed by atoms with Gasteiger partial charge in [-0.1, -0.05) is 37.6 Å². The lowest BCUT2D eigenvalue weighted by Gasteiger charge is -2.07. The normalized spacial score (nSPS) is 23.1. The molecular formula is C16H14ClF5O2. The molecule has 0 aromatic heterocycles. The van der Waals surface area contributed by atoms with Crippen molar-refractivity contribution in [3.63, 3.8) is 0 Å². The van der Waals surface area contributed by atoms with Crippen molar-refractivity contribution < 1.29 is 31.5 Å². The zero-order chi connectivity index (χ0) is 18.3. The Labute approximate surface area is 140 Å². The minimum absolute atomic E-state index is 0.412. The second kappa shape index (κ2) is 6.35. The van der Waals surface area contributed by atoms with Gasteiger partial charge in [-0.2, -0.15) is 13.2 Å². The van der Waals surface area contributed by atoms with Gasteiger partial charge in [-0.3, -0.25) is 4.79 Å². The van der Waals surface area contributed by atoms with Crippen LogP contribution in [0.15, 0.2) is 29.3 Å². The molecule has 2 unspecified atom stereocenters. The Bertz CT molecular complexity index is 661. The van der Waals surface area contributed by atoms with Crippen LogP contribution in [0, 0.1) is 28.9 Å². The van der Waals surface area contributed by atoms with E-state index in [-0.39, 0.29) is 0 Å². The van der Waals surface area contributed by atoms with Crippen molar-refractivity contribution >= 4 is 17.6 Å². The van der Waals surface area contributed by atoms with Crippen LogP contribution < -0.4 is 0 Å². The predicted octanol–water partition coefficient (Wildman–Crippen LogP) is 4.97. The maximum Gasteiger partial charge on any atom is 0.426 e. The molecule has 1 saturated carbocycles. The summed E-state index contributed by atoms with van der Waals surface area (Å²) in [5, 5.41) is -1.31. The van der Waals surface area contributed by atoms with Crippen LogP contribution in [0.4, 0.5) is 22.0 Å². The van der Waals surface area contributed by atoms with Gasteiger partial charge in [0.05, 0.1) is 11.5 Å². The van der Waals surface area contributed by atoms with E-state index in [4.69, 9.17) is 16.3 Å². The maximum atomic E-state index is 13.5. The van der Waals surface area contributed by atoms with Gasteiger partial charge in [-0.05, 0) is 23.5 Å². The standard InChI is InChI=1S/C16H14ClF5O2/c1-15(2)9(6-12(17)16(20,21)22)13(15)14(23)24-7-8-10(18)4-3-5-11(8)19/h3-6,9,13H,7H2,1-2H3. The number of hydrogen-bond donors (Lipinski definition) is 0. The molecule has 0 radical (unpaired) electrons. The highest BCUT2D eigenvalue weighted by Gasteiger charge is 2.62. The summed E-state index contributed by atoms with van der Waals surface area (Å²) in [6, 6.07) is 3.20. The lowest BCUT2D eigenvalue weighted by molar-refractivity contribution is -0.147. The van der Waals surface area contributed by atoms with Crippen LogP contribution in [0.3, 0.4) is 0 Å². The van der Waals surface area contributed by atoms with E-state index in [1.54, 1.807) is 13.8 Å². The molecule has 8 heteroatoms. The Balaban J connectivity index is 2.06. The number of carbonyl (C=O) groups excluding carboxylic acids is 1. The van der Waals surface area contributed by atoms with Gasteiger partial charge in [0, 0.05) is 0 Å². The van der Waals surface area contributed by atoms with Gasteiger partial charge >= 0.3 is 12.1 Å². The predicted molar refractivity (Wildman–Crippen MR) is 76.9 cm³/mol. The van der Waals surface area contributed by atoms with E-state index >= 15 is 0 Å². The fourth-order valence-corrected chi connectivity index (χ4v) is 2.73. The smallest absolute Gasteiger partial charge is 0.426 e. The van der Waals surface area contributed by atoms with Crippen LogP contribution >= 0.6 is 11.6 Å². The summed E-state index contributed by atoms with van der Waals surface area (Å²) in [7, 11) is 0. The molecule has 1 aromatic rings. The number of hydrogen-bond acceptors (Lipinski definition) is 2. The molecule has 2 nitrogen and oxygen atoms in total. The first-order chi connectivity index (χ1) is 11.0. The summed E-state index contributed by atoms with van der Waals surface area (Å²) >= 11 is 5.19. The number of benzene rings is 1. The van der Waals surface area contributed by atoms with E-state index in [2.05, 4.69) is 0 Å². The second-order valence-corrected chi connectivity index (χ2v) is 6.55. The highest BCUT2D eigenvalue weighted by atomic mass is 35.5. The SMILES string of the molecule is CC1(C)C(C=C(Cl)C(F)(F)F)C1C(=O)OCc1c(F)cccc1F. The molecule has 1 aliphatic rings. The molecule has 1 fully saturated rings. The number of esters is 1. The summed E-state index contributed by atoms with van der Waals surface area (Å²) in [5.74, 6) is -4.17. The van der Waals surface area contributed by atoms with Crippen LogP contribution in [0.25, 0.3) is 0 Å². The Morgan fingerprint density at radius 3 is 2.33 bits per heavy atom. The monoisotopic (exact) mass is 368 g/mol. The molecule has 2 atom stereocenters. The fraction of sp³-hybridized carbons (Fsp3) is 0.438. The molecule has 1 aromatic carbocycles. The molecule has 24 heavy (non-hydrogen) atoms. The lowest BCUT2D eigenvalue weighted by atomic mass is 10.1. The number of alkyl halides is 3. The average Bonchev–Trinajstić information content (AvgIpc) is 2.98. The topological polar surface area (TPSA) is 26.3 Å². The van der Waals surface area contributed by atoms with Gasteiger partial charge in [0.25, 0.3) is 0 Å². The van der Waals surface area contributed by atoms with E-state index in [1.165, 1.54) is 6.07 Å². The first-order valence-corrected chi connectivity index (χ1v) is 7.38. The Morgan fingerprint density at radius 1 is 1.29 bits per heavy atom. The molecule has 0 amide bonds. The van der Waals surface area contributed by atoms with Gasteiger partial charge in [0.1, 0.15) is 23.3 Å². The lowest BCUT2D eigenvalue weighted by Crippen LogP contribution is -2.12. The zero-order valence-corrected chi connectivity index (χ0v) is 13.5. The van der Waals surface area contributed by atoms with Crippen LogP contribution in [0.1, 0.15) is 19.4 Å². The van der Waals surface area contributed by atoms with Crippen molar-refractivity contribution in [3.8, 4) is 0 Å². The summed E-state index contributed by atoms with van der Waals surface area (Å²) < 4.78 is 69.2. The van der Waals surface area contributed by atoms with E-state index < -0.39 is 58.2 Å². The number of rotatable bonds is 4. The maximum absolute atomic E-state index is 13.5. The van der Waals surface area contributed by atoms with Crippen molar-refractivity contribution in [2.24, 2.45) is 17.3 Å². The van der Waals surface area contributed by atoms with Gasteiger partial charge in [-0.25, -0.2) is 8.78 Å². The number of ether oxygens (including phenoxy) is 1. The van der Waals surface area contributed by atoms with Crippen molar-refractivity contribution in [3.05, 3.63) is 46.5 Å². The highest BCUT2D eigenvalue weighted by Crippen LogP contribution is 2.60.